The van der Waals surface area contributed by atoms with E-state index in [0.29, 0.717) is 15.6 Å². The van der Waals surface area contributed by atoms with E-state index in [4.69, 9.17) is 23.2 Å². The quantitative estimate of drug-likeness (QED) is 0.670. The summed E-state index contributed by atoms with van der Waals surface area (Å²) in [6, 6.07) is 11.8. The minimum Gasteiger partial charge on any atom is -0.223 e. The molecule has 1 heterocycles. The average Bonchev–Trinajstić information content (AvgIpc) is 3.12. The first-order chi connectivity index (χ1) is 12.3. The molecular formula is C17H16Cl2N4O2S. The SMILES string of the molecule is CC(NS(=O)(=O)Cc1ccc(Cl)c(Cl)c1)c1ccc(-n2cncn2)cc1. The van der Waals surface area contributed by atoms with E-state index < -0.39 is 10.0 Å². The van der Waals surface area contributed by atoms with Crippen molar-refractivity contribution < 1.29 is 8.42 Å². The molecule has 1 N–H and O–H groups in total. The molecule has 0 fully saturated rings. The van der Waals surface area contributed by atoms with Crippen LogP contribution in [-0.4, -0.2) is 23.2 Å². The molecule has 0 amide bonds. The van der Waals surface area contributed by atoms with Crippen molar-refractivity contribution in [2.24, 2.45) is 0 Å². The molecule has 0 aliphatic carbocycles. The van der Waals surface area contributed by atoms with Gasteiger partial charge in [-0.15, -0.1) is 0 Å². The second-order valence-electron chi connectivity index (χ2n) is 5.78. The summed E-state index contributed by atoms with van der Waals surface area (Å²) < 4.78 is 29.1. The van der Waals surface area contributed by atoms with Crippen LogP contribution in [0.3, 0.4) is 0 Å². The predicted molar refractivity (Wildman–Crippen MR) is 102 cm³/mol. The largest absolute Gasteiger partial charge is 0.223 e. The van der Waals surface area contributed by atoms with Gasteiger partial charge in [-0.1, -0.05) is 41.4 Å². The minimum atomic E-state index is -3.54. The van der Waals surface area contributed by atoms with E-state index in [1.165, 1.54) is 6.33 Å². The summed E-state index contributed by atoms with van der Waals surface area (Å²) in [6.07, 6.45) is 3.05. The van der Waals surface area contributed by atoms with Crippen molar-refractivity contribution in [3.05, 3.63) is 76.3 Å². The lowest BCUT2D eigenvalue weighted by Crippen LogP contribution is -2.28. The number of nitrogens with zero attached hydrogens (tertiary/aromatic N) is 3. The molecule has 3 aromatic rings. The fourth-order valence-corrected chi connectivity index (χ4v) is 4.18. The van der Waals surface area contributed by atoms with Crippen LogP contribution in [0.5, 0.6) is 0 Å². The van der Waals surface area contributed by atoms with Gasteiger partial charge < -0.3 is 0 Å². The number of nitrogens with one attached hydrogen (secondary N) is 1. The number of benzene rings is 2. The van der Waals surface area contributed by atoms with Crippen molar-refractivity contribution >= 4 is 33.2 Å². The fraction of sp³-hybridized carbons (Fsp3) is 0.176. The van der Waals surface area contributed by atoms with Gasteiger partial charge in [0.15, 0.2) is 0 Å². The van der Waals surface area contributed by atoms with Crippen LogP contribution < -0.4 is 4.72 Å². The molecule has 0 bridgehead atoms. The molecule has 3 rings (SSSR count). The Bertz CT molecular complexity index is 990. The number of sulfonamides is 1. The highest BCUT2D eigenvalue weighted by Crippen LogP contribution is 2.24. The Labute approximate surface area is 161 Å². The summed E-state index contributed by atoms with van der Waals surface area (Å²) in [4.78, 5) is 3.90. The second kappa shape index (κ2) is 7.75. The maximum Gasteiger partial charge on any atom is 0.216 e. The highest BCUT2D eigenvalue weighted by atomic mass is 35.5. The number of rotatable bonds is 6. The normalized spacial score (nSPS) is 12.9. The van der Waals surface area contributed by atoms with Gasteiger partial charge in [0.05, 0.1) is 21.5 Å². The molecule has 0 spiro atoms. The third-order valence-corrected chi connectivity index (χ3v) is 5.94. The van der Waals surface area contributed by atoms with Gasteiger partial charge in [0.2, 0.25) is 10.0 Å². The van der Waals surface area contributed by atoms with Crippen molar-refractivity contribution in [2.45, 2.75) is 18.7 Å². The van der Waals surface area contributed by atoms with Crippen LogP contribution in [0.2, 0.25) is 10.0 Å². The zero-order valence-corrected chi connectivity index (χ0v) is 16.1. The maximum atomic E-state index is 12.4. The Morgan fingerprint density at radius 2 is 1.85 bits per heavy atom. The zero-order valence-electron chi connectivity index (χ0n) is 13.8. The van der Waals surface area contributed by atoms with E-state index in [9.17, 15) is 8.42 Å². The third-order valence-electron chi connectivity index (χ3n) is 3.77. The maximum absolute atomic E-state index is 12.4. The van der Waals surface area contributed by atoms with Gasteiger partial charge in [-0.2, -0.15) is 5.10 Å². The predicted octanol–water partition coefficient (Wildman–Crippen LogP) is 3.75. The molecule has 9 heteroatoms. The molecule has 0 saturated carbocycles. The molecule has 26 heavy (non-hydrogen) atoms. The van der Waals surface area contributed by atoms with Crippen LogP contribution in [0.15, 0.2) is 55.1 Å². The summed E-state index contributed by atoms with van der Waals surface area (Å²) in [5.41, 5.74) is 2.25. The first-order valence-electron chi connectivity index (χ1n) is 7.73. The molecule has 0 aliphatic heterocycles. The Balaban J connectivity index is 1.69. The van der Waals surface area contributed by atoms with Crippen molar-refractivity contribution in [1.29, 1.82) is 0 Å². The highest BCUT2D eigenvalue weighted by molar-refractivity contribution is 7.88. The second-order valence-corrected chi connectivity index (χ2v) is 8.35. The van der Waals surface area contributed by atoms with Gasteiger partial charge in [0, 0.05) is 6.04 Å². The van der Waals surface area contributed by atoms with Gasteiger partial charge in [0.25, 0.3) is 0 Å². The van der Waals surface area contributed by atoms with Gasteiger partial charge in [-0.3, -0.25) is 0 Å². The molecule has 1 aromatic heterocycles. The van der Waals surface area contributed by atoms with Crippen LogP contribution >= 0.6 is 23.2 Å². The Kier molecular flexibility index (Phi) is 5.62. The molecular weight excluding hydrogens is 395 g/mol. The topological polar surface area (TPSA) is 76.9 Å². The zero-order chi connectivity index (χ0) is 18.7. The summed E-state index contributed by atoms with van der Waals surface area (Å²) >= 11 is 11.8. The lowest BCUT2D eigenvalue weighted by Gasteiger charge is -2.15. The number of hydrogen-bond donors (Lipinski definition) is 1. The van der Waals surface area contributed by atoms with Gasteiger partial charge in [0.1, 0.15) is 12.7 Å². The molecule has 0 radical (unpaired) electrons. The van der Waals surface area contributed by atoms with E-state index in [-0.39, 0.29) is 11.8 Å². The molecule has 136 valence electrons. The molecule has 6 nitrogen and oxygen atoms in total. The lowest BCUT2D eigenvalue weighted by atomic mass is 10.1. The van der Waals surface area contributed by atoms with Crippen LogP contribution in [-0.2, 0) is 15.8 Å². The van der Waals surface area contributed by atoms with E-state index in [0.717, 1.165) is 11.3 Å². The summed E-state index contributed by atoms with van der Waals surface area (Å²) in [7, 11) is -3.54. The monoisotopic (exact) mass is 410 g/mol. The van der Waals surface area contributed by atoms with Crippen molar-refractivity contribution in [1.82, 2.24) is 19.5 Å². The van der Waals surface area contributed by atoms with Crippen molar-refractivity contribution in [2.75, 3.05) is 0 Å². The summed E-state index contributed by atoms with van der Waals surface area (Å²) in [5, 5.41) is 4.77. The molecule has 0 saturated heterocycles. The van der Waals surface area contributed by atoms with E-state index in [1.54, 1.807) is 36.1 Å². The van der Waals surface area contributed by atoms with E-state index in [2.05, 4.69) is 14.8 Å². The third kappa shape index (κ3) is 4.62. The number of aromatic nitrogens is 3. The van der Waals surface area contributed by atoms with Gasteiger partial charge in [-0.05, 0) is 42.3 Å². The molecule has 1 atom stereocenters. The number of halogens is 2. The lowest BCUT2D eigenvalue weighted by molar-refractivity contribution is 0.566. The Morgan fingerprint density at radius 3 is 2.46 bits per heavy atom. The van der Waals surface area contributed by atoms with Crippen molar-refractivity contribution in [3.8, 4) is 5.69 Å². The van der Waals surface area contributed by atoms with Crippen LogP contribution in [0.25, 0.3) is 5.69 Å². The summed E-state index contributed by atoms with van der Waals surface area (Å²) in [5.74, 6) is -0.175. The Hall–Kier alpha value is -1.93. The Morgan fingerprint density at radius 1 is 1.12 bits per heavy atom. The van der Waals surface area contributed by atoms with Crippen LogP contribution in [0, 0.1) is 0 Å². The average molecular weight is 411 g/mol. The van der Waals surface area contributed by atoms with Crippen LogP contribution in [0.1, 0.15) is 24.1 Å². The molecule has 1 unspecified atom stereocenters. The minimum absolute atomic E-state index is 0.175. The highest BCUT2D eigenvalue weighted by Gasteiger charge is 2.17. The smallest absolute Gasteiger partial charge is 0.216 e. The molecule has 2 aromatic carbocycles. The first-order valence-corrected chi connectivity index (χ1v) is 10.1. The standard InChI is InChI=1S/C17H16Cl2N4O2S/c1-12(14-3-5-15(6-4-14)23-11-20-10-21-23)22-26(24,25)9-13-2-7-16(18)17(19)8-13/h2-8,10-12,22H,9H2,1H3. The number of hydrogen-bond acceptors (Lipinski definition) is 4. The fourth-order valence-electron chi connectivity index (χ4n) is 2.49. The van der Waals surface area contributed by atoms with E-state index in [1.807, 2.05) is 24.3 Å². The van der Waals surface area contributed by atoms with E-state index >= 15 is 0 Å². The summed E-state index contributed by atoms with van der Waals surface area (Å²) in [6.45, 7) is 1.79. The van der Waals surface area contributed by atoms with Gasteiger partial charge >= 0.3 is 0 Å². The first kappa shape index (κ1) is 18.8. The van der Waals surface area contributed by atoms with Crippen molar-refractivity contribution in [3.63, 3.8) is 0 Å². The molecule has 0 aliphatic rings. The van der Waals surface area contributed by atoms with Gasteiger partial charge in [-0.25, -0.2) is 22.8 Å². The van der Waals surface area contributed by atoms with Crippen LogP contribution in [0.4, 0.5) is 0 Å².